The average molecular weight is 420 g/mol. The van der Waals surface area contributed by atoms with Crippen LogP contribution in [0.1, 0.15) is 5.56 Å². The summed E-state index contributed by atoms with van der Waals surface area (Å²) in [5, 5.41) is 25.1. The molecule has 0 radical (unpaired) electrons. The van der Waals surface area contributed by atoms with E-state index in [1.54, 1.807) is 48.7 Å². The van der Waals surface area contributed by atoms with Gasteiger partial charge < -0.3 is 20.5 Å². The average Bonchev–Trinajstić information content (AvgIpc) is 2.75. The van der Waals surface area contributed by atoms with E-state index >= 15 is 0 Å². The quantitative estimate of drug-likeness (QED) is 0.418. The summed E-state index contributed by atoms with van der Waals surface area (Å²) in [4.78, 5) is 16.3. The van der Waals surface area contributed by atoms with Crippen molar-refractivity contribution in [2.24, 2.45) is 0 Å². The number of anilines is 2. The molecule has 0 atom stereocenters. The first kappa shape index (κ1) is 22.1. The zero-order chi connectivity index (χ0) is 20.9. The van der Waals surface area contributed by atoms with Crippen LogP contribution < -0.4 is 15.4 Å². The van der Waals surface area contributed by atoms with Gasteiger partial charge in [-0.05, 0) is 48.5 Å². The number of carbonyl (C=O) groups excluding carboxylic acids is 1. The Morgan fingerprint density at radius 3 is 2.32 bits per heavy atom. The van der Waals surface area contributed by atoms with Crippen LogP contribution in [0, 0.1) is 11.3 Å². The van der Waals surface area contributed by atoms with Crippen LogP contribution in [0.2, 0.25) is 0 Å². The third-order valence-electron chi connectivity index (χ3n) is 4.31. The van der Waals surface area contributed by atoms with Crippen LogP contribution in [-0.4, -0.2) is 45.7 Å². The maximum absolute atomic E-state index is 12.1. The van der Waals surface area contributed by atoms with Crippen LogP contribution >= 0.6 is 0 Å². The van der Waals surface area contributed by atoms with E-state index in [9.17, 15) is 9.90 Å². The molecule has 0 bridgehead atoms. The van der Waals surface area contributed by atoms with Crippen molar-refractivity contribution in [2.45, 2.75) is 0 Å². The number of phenolic OH excluding ortho intramolecular Hbond substituents is 1. The molecule has 7 nitrogen and oxygen atoms in total. The number of carbonyl (C=O) groups is 1. The van der Waals surface area contributed by atoms with Gasteiger partial charge in [-0.1, -0.05) is 18.2 Å². The number of hydrogen-bond acceptors (Lipinski definition) is 5. The van der Waals surface area contributed by atoms with Gasteiger partial charge in [0.05, 0.1) is 11.1 Å². The topological polar surface area (TPSA) is 107 Å². The molecule has 0 aliphatic heterocycles. The van der Waals surface area contributed by atoms with Gasteiger partial charge in [0.15, 0.2) is 0 Å². The van der Waals surface area contributed by atoms with Crippen molar-refractivity contribution >= 4 is 57.9 Å². The molecule has 0 unspecified atom stereocenters. The second kappa shape index (κ2) is 9.96. The van der Waals surface area contributed by atoms with E-state index in [-0.39, 0.29) is 46.9 Å². The number of urea groups is 1. The second-order valence-corrected chi connectivity index (χ2v) is 6.38. The molecule has 0 fully saturated rings. The number of amides is 2. The first-order valence-electron chi connectivity index (χ1n) is 9.05. The number of phenols is 1. The van der Waals surface area contributed by atoms with Gasteiger partial charge in [-0.3, -0.25) is 4.98 Å². The van der Waals surface area contributed by atoms with Crippen molar-refractivity contribution in [1.82, 2.24) is 4.98 Å². The molecule has 1 heterocycles. The molecule has 3 N–H and O–H groups in total. The summed E-state index contributed by atoms with van der Waals surface area (Å²) in [7, 11) is 0. The van der Waals surface area contributed by atoms with Crippen molar-refractivity contribution in [3.05, 3.63) is 84.6 Å². The molecule has 148 valence electrons. The van der Waals surface area contributed by atoms with Crippen LogP contribution in [-0.2, 0) is 0 Å². The zero-order valence-electron chi connectivity index (χ0n) is 15.7. The fourth-order valence-electron chi connectivity index (χ4n) is 2.88. The normalized spacial score (nSPS) is 9.90. The Morgan fingerprint density at radius 2 is 1.65 bits per heavy atom. The van der Waals surface area contributed by atoms with Crippen LogP contribution in [0.5, 0.6) is 17.2 Å². The number of aromatic hydroxyl groups is 1. The molecule has 31 heavy (non-hydrogen) atoms. The third kappa shape index (κ3) is 5.32. The Kier molecular flexibility index (Phi) is 7.11. The number of nitrogens with zero attached hydrogens (tertiary/aromatic N) is 2. The summed E-state index contributed by atoms with van der Waals surface area (Å²) in [6, 6.07) is 22.3. The van der Waals surface area contributed by atoms with Gasteiger partial charge in [0.2, 0.25) is 0 Å². The fraction of sp³-hybridized carbons (Fsp3) is 0. The monoisotopic (exact) mass is 420 g/mol. The van der Waals surface area contributed by atoms with E-state index in [2.05, 4.69) is 15.6 Å². The van der Waals surface area contributed by atoms with Gasteiger partial charge in [0.25, 0.3) is 0 Å². The minimum atomic E-state index is -0.348. The summed E-state index contributed by atoms with van der Waals surface area (Å²) in [5.41, 5.74) is 1.96. The molecular weight excluding hydrogens is 403 g/mol. The van der Waals surface area contributed by atoms with Gasteiger partial charge in [-0.2, -0.15) is 5.26 Å². The molecule has 4 aromatic rings. The summed E-state index contributed by atoms with van der Waals surface area (Å²) in [6.07, 6.45) is 1.56. The van der Waals surface area contributed by atoms with Crippen molar-refractivity contribution in [1.29, 1.82) is 5.26 Å². The molecule has 3 aromatic carbocycles. The number of nitrogens with one attached hydrogen (secondary N) is 2. The maximum atomic E-state index is 12.1. The number of nitriles is 1. The number of rotatable bonds is 4. The van der Waals surface area contributed by atoms with Crippen LogP contribution in [0.3, 0.4) is 0 Å². The van der Waals surface area contributed by atoms with E-state index in [0.717, 1.165) is 0 Å². The van der Waals surface area contributed by atoms with Gasteiger partial charge in [-0.25, -0.2) is 4.79 Å². The number of hydrogen-bond donors (Lipinski definition) is 3. The first-order valence-corrected chi connectivity index (χ1v) is 9.05. The van der Waals surface area contributed by atoms with E-state index in [1.165, 1.54) is 12.1 Å². The molecule has 0 spiro atoms. The Bertz CT molecular complexity index is 1260. The molecule has 0 saturated carbocycles. The predicted molar refractivity (Wildman–Crippen MR) is 121 cm³/mol. The summed E-state index contributed by atoms with van der Waals surface area (Å²) in [5.74, 6) is 0.918. The predicted octanol–water partition coefficient (Wildman–Crippen LogP) is 4.60. The fourth-order valence-corrected chi connectivity index (χ4v) is 2.88. The number of benzene rings is 3. The van der Waals surface area contributed by atoms with Gasteiger partial charge in [0, 0.05) is 29.0 Å². The number of ether oxygens (including phenoxy) is 1. The molecular formula is C23H17N4NaO3. The molecule has 0 aliphatic rings. The Labute approximate surface area is 200 Å². The number of pyridine rings is 1. The molecule has 1 aromatic heterocycles. The minimum absolute atomic E-state index is 0. The SMILES string of the molecule is N#Cc1cc2c(Oc3ccc(NC(=O)Nc4ccccc4)cc3)ccnc2cc1O.[NaH]. The first-order chi connectivity index (χ1) is 14.6. The molecule has 0 aliphatic carbocycles. The van der Waals surface area contributed by atoms with Crippen molar-refractivity contribution in [3.8, 4) is 23.3 Å². The van der Waals surface area contributed by atoms with Crippen molar-refractivity contribution in [2.75, 3.05) is 10.6 Å². The van der Waals surface area contributed by atoms with E-state index < -0.39 is 0 Å². The number of aromatic nitrogens is 1. The second-order valence-electron chi connectivity index (χ2n) is 6.38. The van der Waals surface area contributed by atoms with Gasteiger partial charge in [-0.15, -0.1) is 0 Å². The van der Waals surface area contributed by atoms with E-state index in [1.807, 2.05) is 24.3 Å². The summed E-state index contributed by atoms with van der Waals surface area (Å²) in [6.45, 7) is 0. The van der Waals surface area contributed by atoms with E-state index in [4.69, 9.17) is 10.00 Å². The Morgan fingerprint density at radius 1 is 0.968 bits per heavy atom. The van der Waals surface area contributed by atoms with Crippen LogP contribution in [0.25, 0.3) is 10.9 Å². The molecule has 2 amide bonds. The van der Waals surface area contributed by atoms with E-state index in [0.29, 0.717) is 33.8 Å². The molecule has 8 heteroatoms. The Hall–Kier alpha value is -3.57. The molecule has 4 rings (SSSR count). The third-order valence-corrected chi connectivity index (χ3v) is 4.31. The standard InChI is InChI=1S/C23H16N4O3.Na.H/c24-14-15-12-19-20(13-21(15)28)25-11-10-22(19)30-18-8-6-17(7-9-18)27-23(29)26-16-4-2-1-3-5-16;;/h1-13,28H,(H2,26,27,29);;. The molecule has 0 saturated heterocycles. The summed E-state index contributed by atoms with van der Waals surface area (Å²) >= 11 is 0. The zero-order valence-corrected chi connectivity index (χ0v) is 15.7. The van der Waals surface area contributed by atoms with Crippen molar-refractivity contribution in [3.63, 3.8) is 0 Å². The van der Waals surface area contributed by atoms with Crippen LogP contribution in [0.4, 0.5) is 16.2 Å². The van der Waals surface area contributed by atoms with Gasteiger partial charge in [0.1, 0.15) is 23.3 Å². The number of fused-ring (bicyclic) bond motifs is 1. The summed E-state index contributed by atoms with van der Waals surface area (Å²) < 4.78 is 5.93. The number of para-hydroxylation sites is 1. The van der Waals surface area contributed by atoms with Gasteiger partial charge >= 0.3 is 35.6 Å². The van der Waals surface area contributed by atoms with Crippen LogP contribution in [0.15, 0.2) is 79.0 Å². The van der Waals surface area contributed by atoms with Crippen molar-refractivity contribution < 1.29 is 14.6 Å². The Balaban J connectivity index is 0.00000272.